The zero-order valence-corrected chi connectivity index (χ0v) is 12.7. The highest BCUT2D eigenvalue weighted by atomic mass is 32.2. The molecule has 2 rings (SSSR count). The number of carbonyl (C=O) groups is 1. The van der Waals surface area contributed by atoms with Crippen molar-refractivity contribution in [1.29, 1.82) is 0 Å². The Kier molecular flexibility index (Phi) is 5.11. The third kappa shape index (κ3) is 5.04. The van der Waals surface area contributed by atoms with Crippen molar-refractivity contribution in [2.45, 2.75) is 12.7 Å². The van der Waals surface area contributed by atoms with E-state index in [1.54, 1.807) is 24.3 Å². The first-order chi connectivity index (χ1) is 10.0. The number of hydrogen-bond donors (Lipinski definition) is 2. The van der Waals surface area contributed by atoms with E-state index >= 15 is 0 Å². The average molecular weight is 302 g/mol. The van der Waals surface area contributed by atoms with Gasteiger partial charge in [0.1, 0.15) is 5.75 Å². The molecule has 0 aliphatic heterocycles. The Balaban J connectivity index is 1.89. The van der Waals surface area contributed by atoms with Crippen LogP contribution in [0.4, 0.5) is 11.4 Å². The summed E-state index contributed by atoms with van der Waals surface area (Å²) < 4.78 is 12.0. The number of nitrogens with one attached hydrogen (secondary N) is 1. The first kappa shape index (κ1) is 15.3. The fraction of sp³-hybridized carbons (Fsp3) is 0.188. The fourth-order valence-corrected chi connectivity index (χ4v) is 3.02. The molecule has 0 bridgehead atoms. The topological polar surface area (TPSA) is 72.2 Å². The van der Waals surface area contributed by atoms with E-state index in [1.807, 2.05) is 31.2 Å². The summed E-state index contributed by atoms with van der Waals surface area (Å²) in [6, 6.07) is 14.7. The van der Waals surface area contributed by atoms with Crippen LogP contribution in [0.25, 0.3) is 0 Å². The van der Waals surface area contributed by atoms with E-state index in [2.05, 4.69) is 5.32 Å². The Morgan fingerprint density at radius 3 is 2.67 bits per heavy atom. The molecular weight excluding hydrogens is 284 g/mol. The van der Waals surface area contributed by atoms with Crippen LogP contribution in [0.15, 0.2) is 48.5 Å². The van der Waals surface area contributed by atoms with Crippen LogP contribution in [0.3, 0.4) is 0 Å². The van der Waals surface area contributed by atoms with Gasteiger partial charge >= 0.3 is 0 Å². The summed E-state index contributed by atoms with van der Waals surface area (Å²) in [5.74, 6) is 0.0842. The molecule has 5 heteroatoms. The van der Waals surface area contributed by atoms with Crippen LogP contribution in [0.2, 0.25) is 0 Å². The third-order valence-corrected chi connectivity index (χ3v) is 4.11. The molecule has 2 aromatic carbocycles. The van der Waals surface area contributed by atoms with Crippen molar-refractivity contribution in [2.24, 2.45) is 0 Å². The highest BCUT2D eigenvalue weighted by Crippen LogP contribution is 2.12. The second-order valence-electron chi connectivity index (χ2n) is 4.89. The van der Waals surface area contributed by atoms with Crippen LogP contribution in [0.5, 0.6) is 0 Å². The lowest BCUT2D eigenvalue weighted by atomic mass is 10.2. The number of aryl methyl sites for hydroxylation is 1. The molecule has 0 saturated carbocycles. The Labute approximate surface area is 126 Å². The van der Waals surface area contributed by atoms with Gasteiger partial charge in [0.2, 0.25) is 5.91 Å². The predicted octanol–water partition coefficient (Wildman–Crippen LogP) is 2.46. The molecule has 110 valence electrons. The van der Waals surface area contributed by atoms with Gasteiger partial charge in [0.15, 0.2) is 0 Å². The van der Waals surface area contributed by atoms with E-state index < -0.39 is 10.8 Å². The van der Waals surface area contributed by atoms with Gasteiger partial charge in [0.05, 0.1) is 0 Å². The summed E-state index contributed by atoms with van der Waals surface area (Å²) in [7, 11) is -1.23. The molecule has 0 fully saturated rings. The molecule has 21 heavy (non-hydrogen) atoms. The molecule has 3 N–H and O–H groups in total. The summed E-state index contributed by atoms with van der Waals surface area (Å²) in [5, 5.41) is 2.70. The number of nitrogen functional groups attached to an aromatic ring is 1. The highest BCUT2D eigenvalue weighted by Gasteiger charge is 2.09. The lowest BCUT2D eigenvalue weighted by Crippen LogP contribution is -2.20. The SMILES string of the molecule is Cc1cccc(CS(=O)CC(=O)Nc2cccc(N)c2)c1. The first-order valence-electron chi connectivity index (χ1n) is 6.59. The number of anilines is 2. The molecule has 0 radical (unpaired) electrons. The Bertz CT molecular complexity index is 613. The van der Waals surface area contributed by atoms with E-state index in [4.69, 9.17) is 5.73 Å². The van der Waals surface area contributed by atoms with Crippen molar-refractivity contribution in [3.8, 4) is 0 Å². The van der Waals surface area contributed by atoms with Gasteiger partial charge in [-0.1, -0.05) is 35.9 Å². The quantitative estimate of drug-likeness (QED) is 0.833. The molecule has 0 aliphatic rings. The van der Waals surface area contributed by atoms with E-state index in [-0.39, 0.29) is 11.7 Å². The number of nitrogens with two attached hydrogens (primary N) is 1. The molecule has 0 aromatic heterocycles. The largest absolute Gasteiger partial charge is 0.399 e. The van der Waals surface area contributed by atoms with Crippen LogP contribution in [-0.4, -0.2) is 15.9 Å². The summed E-state index contributed by atoms with van der Waals surface area (Å²) in [4.78, 5) is 11.8. The molecule has 0 spiro atoms. The number of rotatable bonds is 5. The minimum absolute atomic E-state index is 0.0251. The van der Waals surface area contributed by atoms with Gasteiger partial charge in [-0.15, -0.1) is 0 Å². The standard InChI is InChI=1S/C16H18N2O2S/c1-12-4-2-5-13(8-12)10-21(20)11-16(19)18-15-7-3-6-14(17)9-15/h2-9H,10-11,17H2,1H3,(H,18,19). The first-order valence-corrected chi connectivity index (χ1v) is 8.07. The highest BCUT2D eigenvalue weighted by molar-refractivity contribution is 7.84. The smallest absolute Gasteiger partial charge is 0.237 e. The maximum Gasteiger partial charge on any atom is 0.237 e. The fourth-order valence-electron chi connectivity index (χ4n) is 2.00. The zero-order valence-electron chi connectivity index (χ0n) is 11.8. The Morgan fingerprint density at radius 1 is 1.19 bits per heavy atom. The molecular formula is C16H18N2O2S. The van der Waals surface area contributed by atoms with E-state index in [0.717, 1.165) is 11.1 Å². The van der Waals surface area contributed by atoms with Crippen LogP contribution in [0, 0.1) is 6.92 Å². The maximum absolute atomic E-state index is 12.0. The zero-order chi connectivity index (χ0) is 15.2. The summed E-state index contributed by atoms with van der Waals surface area (Å²) in [6.45, 7) is 1.99. The lowest BCUT2D eigenvalue weighted by Gasteiger charge is -2.06. The van der Waals surface area contributed by atoms with Crippen LogP contribution in [0.1, 0.15) is 11.1 Å². The molecule has 4 nitrogen and oxygen atoms in total. The minimum atomic E-state index is -1.23. The van der Waals surface area contributed by atoms with Gasteiger partial charge in [-0.3, -0.25) is 9.00 Å². The lowest BCUT2D eigenvalue weighted by molar-refractivity contribution is -0.113. The molecule has 1 unspecified atom stereocenters. The van der Waals surface area contributed by atoms with Gasteiger partial charge < -0.3 is 11.1 Å². The normalized spacial score (nSPS) is 11.9. The van der Waals surface area contributed by atoms with Gasteiger partial charge in [-0.05, 0) is 30.7 Å². The summed E-state index contributed by atoms with van der Waals surface area (Å²) >= 11 is 0. The average Bonchev–Trinajstić information content (AvgIpc) is 2.38. The van der Waals surface area contributed by atoms with Gasteiger partial charge in [-0.2, -0.15) is 0 Å². The third-order valence-electron chi connectivity index (χ3n) is 2.87. The van der Waals surface area contributed by atoms with E-state index in [9.17, 15) is 9.00 Å². The number of amides is 1. The summed E-state index contributed by atoms with van der Waals surface area (Å²) in [6.07, 6.45) is 0. The van der Waals surface area contributed by atoms with Gasteiger partial charge in [-0.25, -0.2) is 0 Å². The molecule has 1 atom stereocenters. The minimum Gasteiger partial charge on any atom is -0.399 e. The van der Waals surface area contributed by atoms with Crippen LogP contribution < -0.4 is 11.1 Å². The Morgan fingerprint density at radius 2 is 1.95 bits per heavy atom. The van der Waals surface area contributed by atoms with Crippen molar-refractivity contribution in [3.63, 3.8) is 0 Å². The molecule has 1 amide bonds. The molecule has 0 heterocycles. The van der Waals surface area contributed by atoms with E-state index in [1.165, 1.54) is 0 Å². The number of benzene rings is 2. The van der Waals surface area contributed by atoms with Crippen molar-refractivity contribution in [3.05, 3.63) is 59.7 Å². The molecule has 0 saturated heterocycles. The van der Waals surface area contributed by atoms with Crippen LogP contribution >= 0.6 is 0 Å². The van der Waals surface area contributed by atoms with Gasteiger partial charge in [0, 0.05) is 27.9 Å². The second kappa shape index (κ2) is 7.04. The molecule has 2 aromatic rings. The summed E-state index contributed by atoms with van der Waals surface area (Å²) in [5.41, 5.74) is 8.93. The monoisotopic (exact) mass is 302 g/mol. The van der Waals surface area contributed by atoms with Crippen molar-refractivity contribution in [2.75, 3.05) is 16.8 Å². The van der Waals surface area contributed by atoms with Gasteiger partial charge in [0.25, 0.3) is 0 Å². The Hall–Kier alpha value is -2.14. The number of hydrogen-bond acceptors (Lipinski definition) is 3. The van der Waals surface area contributed by atoms with Crippen molar-refractivity contribution < 1.29 is 9.00 Å². The maximum atomic E-state index is 12.0. The molecule has 0 aliphatic carbocycles. The second-order valence-corrected chi connectivity index (χ2v) is 6.35. The van der Waals surface area contributed by atoms with Crippen LogP contribution in [-0.2, 0) is 21.3 Å². The van der Waals surface area contributed by atoms with Crippen molar-refractivity contribution in [1.82, 2.24) is 0 Å². The van der Waals surface area contributed by atoms with Crippen molar-refractivity contribution >= 4 is 28.1 Å². The van der Waals surface area contributed by atoms with E-state index in [0.29, 0.717) is 17.1 Å². The number of carbonyl (C=O) groups excluding carboxylic acids is 1. The predicted molar refractivity (Wildman–Crippen MR) is 87.4 cm³/mol.